The summed E-state index contributed by atoms with van der Waals surface area (Å²) in [5, 5.41) is 8.34. The zero-order chi connectivity index (χ0) is 10.3. The first-order chi connectivity index (χ1) is 7.34. The van der Waals surface area contributed by atoms with Gasteiger partial charge < -0.3 is 14.6 Å². The number of nitrogens with two attached hydrogens (primary N) is 1. The summed E-state index contributed by atoms with van der Waals surface area (Å²) in [6.07, 6.45) is 1.58. The fourth-order valence-electron chi connectivity index (χ4n) is 1.49. The smallest absolute Gasteiger partial charge is 0.313 e. The molecule has 0 saturated carbocycles. The van der Waals surface area contributed by atoms with E-state index >= 15 is 0 Å². The molecule has 0 unspecified atom stereocenters. The average Bonchev–Trinajstić information content (AvgIpc) is 2.83. The Labute approximate surface area is 84.5 Å². The molecule has 0 spiro atoms. The van der Waals surface area contributed by atoms with E-state index in [1.54, 1.807) is 6.26 Å². The lowest BCUT2D eigenvalue weighted by atomic mass is 10.2. The lowest BCUT2D eigenvalue weighted by Crippen LogP contribution is -1.81. The van der Waals surface area contributed by atoms with Crippen molar-refractivity contribution in [1.29, 1.82) is 0 Å². The van der Waals surface area contributed by atoms with Crippen molar-refractivity contribution >= 4 is 17.0 Å². The summed E-state index contributed by atoms with van der Waals surface area (Å²) in [6.45, 7) is 0. The van der Waals surface area contributed by atoms with Gasteiger partial charge in [-0.3, -0.25) is 0 Å². The zero-order valence-corrected chi connectivity index (χ0v) is 7.68. The highest BCUT2D eigenvalue weighted by atomic mass is 16.4. The molecule has 2 aromatic heterocycles. The molecule has 0 aliphatic heterocycles. The van der Waals surface area contributed by atoms with Crippen molar-refractivity contribution in [3.63, 3.8) is 0 Å². The number of rotatable bonds is 1. The molecule has 0 radical (unpaired) electrons. The van der Waals surface area contributed by atoms with Crippen molar-refractivity contribution in [1.82, 2.24) is 10.2 Å². The van der Waals surface area contributed by atoms with Crippen molar-refractivity contribution in [2.45, 2.75) is 0 Å². The van der Waals surface area contributed by atoms with E-state index in [1.807, 2.05) is 24.3 Å². The maximum Gasteiger partial charge on any atom is 0.313 e. The minimum absolute atomic E-state index is 0.0512. The molecular formula is C10H7N3O2. The van der Waals surface area contributed by atoms with Crippen LogP contribution in [0.15, 0.2) is 39.4 Å². The van der Waals surface area contributed by atoms with E-state index in [9.17, 15) is 0 Å². The highest BCUT2D eigenvalue weighted by Gasteiger charge is 2.12. The van der Waals surface area contributed by atoms with Crippen LogP contribution < -0.4 is 5.73 Å². The van der Waals surface area contributed by atoms with E-state index in [0.29, 0.717) is 5.89 Å². The van der Waals surface area contributed by atoms with E-state index in [-0.39, 0.29) is 6.01 Å². The lowest BCUT2D eigenvalue weighted by molar-refractivity contribution is 0.583. The predicted molar refractivity (Wildman–Crippen MR) is 53.9 cm³/mol. The molecule has 74 valence electrons. The fraction of sp³-hybridized carbons (Fsp3) is 0. The summed E-state index contributed by atoms with van der Waals surface area (Å²) in [6, 6.07) is 7.67. The molecule has 0 amide bonds. The number of benzene rings is 1. The van der Waals surface area contributed by atoms with Crippen LogP contribution in [0.25, 0.3) is 22.4 Å². The first-order valence-corrected chi connectivity index (χ1v) is 4.40. The van der Waals surface area contributed by atoms with Crippen LogP contribution in [-0.4, -0.2) is 10.2 Å². The molecule has 5 nitrogen and oxygen atoms in total. The van der Waals surface area contributed by atoms with Crippen LogP contribution in [0, 0.1) is 0 Å². The number of nitrogen functional groups attached to an aromatic ring is 1. The van der Waals surface area contributed by atoms with Gasteiger partial charge in [0.15, 0.2) is 0 Å². The van der Waals surface area contributed by atoms with E-state index in [0.717, 1.165) is 16.5 Å². The van der Waals surface area contributed by atoms with Gasteiger partial charge >= 0.3 is 6.01 Å². The Balaban J connectivity index is 2.27. The summed E-state index contributed by atoms with van der Waals surface area (Å²) in [5.74, 6) is 0.373. The van der Waals surface area contributed by atoms with Gasteiger partial charge in [0.1, 0.15) is 11.8 Å². The standard InChI is InChI=1S/C10H7N3O2/c11-10-13-12-9(15-10)7-5-14-8-4-2-1-3-6(7)8/h1-5H,(H2,11,13). The number of anilines is 1. The number of furan rings is 1. The summed E-state index contributed by atoms with van der Waals surface area (Å²) in [5.41, 5.74) is 6.90. The lowest BCUT2D eigenvalue weighted by Gasteiger charge is -1.88. The normalized spacial score (nSPS) is 10.9. The van der Waals surface area contributed by atoms with Crippen molar-refractivity contribution in [3.8, 4) is 11.5 Å². The summed E-state index contributed by atoms with van der Waals surface area (Å²) >= 11 is 0. The highest BCUT2D eigenvalue weighted by Crippen LogP contribution is 2.29. The molecule has 15 heavy (non-hydrogen) atoms. The molecule has 3 rings (SSSR count). The molecule has 0 fully saturated rings. The predicted octanol–water partition coefficient (Wildman–Crippen LogP) is 2.06. The first-order valence-electron chi connectivity index (χ1n) is 4.40. The molecule has 0 bridgehead atoms. The van der Waals surface area contributed by atoms with E-state index in [4.69, 9.17) is 14.6 Å². The third kappa shape index (κ3) is 1.17. The second-order valence-corrected chi connectivity index (χ2v) is 3.09. The zero-order valence-electron chi connectivity index (χ0n) is 7.68. The van der Waals surface area contributed by atoms with Crippen LogP contribution in [0.4, 0.5) is 6.01 Å². The molecule has 0 aliphatic rings. The Morgan fingerprint density at radius 1 is 1.13 bits per heavy atom. The molecule has 2 N–H and O–H groups in total. The Hall–Kier alpha value is -2.30. The van der Waals surface area contributed by atoms with Gasteiger partial charge in [-0.05, 0) is 6.07 Å². The Morgan fingerprint density at radius 2 is 2.00 bits per heavy atom. The molecule has 0 aliphatic carbocycles. The van der Waals surface area contributed by atoms with Crippen molar-refractivity contribution in [2.24, 2.45) is 0 Å². The van der Waals surface area contributed by atoms with E-state index in [2.05, 4.69) is 10.2 Å². The topological polar surface area (TPSA) is 78.1 Å². The van der Waals surface area contributed by atoms with Crippen molar-refractivity contribution in [2.75, 3.05) is 5.73 Å². The molecule has 0 atom stereocenters. The molecule has 2 heterocycles. The molecular weight excluding hydrogens is 194 g/mol. The number of fused-ring (bicyclic) bond motifs is 1. The molecule has 0 saturated heterocycles. The fourth-order valence-corrected chi connectivity index (χ4v) is 1.49. The van der Waals surface area contributed by atoms with Gasteiger partial charge in [0, 0.05) is 5.39 Å². The number of nitrogens with zero attached hydrogens (tertiary/aromatic N) is 2. The van der Waals surface area contributed by atoms with Gasteiger partial charge in [-0.1, -0.05) is 23.3 Å². The van der Waals surface area contributed by atoms with Crippen LogP contribution in [0.2, 0.25) is 0 Å². The molecule has 3 aromatic rings. The van der Waals surface area contributed by atoms with Gasteiger partial charge in [0.25, 0.3) is 5.89 Å². The third-order valence-corrected chi connectivity index (χ3v) is 2.15. The summed E-state index contributed by atoms with van der Waals surface area (Å²) < 4.78 is 10.5. The van der Waals surface area contributed by atoms with Crippen LogP contribution in [0.1, 0.15) is 0 Å². The minimum atomic E-state index is 0.0512. The minimum Gasteiger partial charge on any atom is -0.463 e. The van der Waals surface area contributed by atoms with E-state index < -0.39 is 0 Å². The Bertz CT molecular complexity index is 612. The summed E-state index contributed by atoms with van der Waals surface area (Å²) in [7, 11) is 0. The second-order valence-electron chi connectivity index (χ2n) is 3.09. The number of aromatic nitrogens is 2. The van der Waals surface area contributed by atoms with E-state index in [1.165, 1.54) is 0 Å². The maximum absolute atomic E-state index is 5.36. The highest BCUT2D eigenvalue weighted by molar-refractivity contribution is 5.91. The van der Waals surface area contributed by atoms with Crippen molar-refractivity contribution in [3.05, 3.63) is 30.5 Å². The maximum atomic E-state index is 5.36. The first kappa shape index (κ1) is 8.05. The van der Waals surface area contributed by atoms with Gasteiger partial charge in [-0.2, -0.15) is 0 Å². The average molecular weight is 201 g/mol. The SMILES string of the molecule is Nc1nnc(-c2coc3ccccc23)o1. The number of para-hydroxylation sites is 1. The van der Waals surface area contributed by atoms with Gasteiger partial charge in [-0.15, -0.1) is 5.10 Å². The second kappa shape index (κ2) is 2.84. The van der Waals surface area contributed by atoms with Crippen LogP contribution in [0.5, 0.6) is 0 Å². The quantitative estimate of drug-likeness (QED) is 0.651. The van der Waals surface area contributed by atoms with Gasteiger partial charge in [0.05, 0.1) is 5.56 Å². The number of hydrogen-bond donors (Lipinski definition) is 1. The summed E-state index contributed by atoms with van der Waals surface area (Å²) in [4.78, 5) is 0. The van der Waals surface area contributed by atoms with Gasteiger partial charge in [-0.25, -0.2) is 0 Å². The monoisotopic (exact) mass is 201 g/mol. The van der Waals surface area contributed by atoms with Gasteiger partial charge in [0.2, 0.25) is 0 Å². The van der Waals surface area contributed by atoms with Crippen molar-refractivity contribution < 1.29 is 8.83 Å². The Morgan fingerprint density at radius 3 is 2.80 bits per heavy atom. The molecule has 5 heteroatoms. The number of hydrogen-bond acceptors (Lipinski definition) is 5. The van der Waals surface area contributed by atoms with Crippen LogP contribution in [-0.2, 0) is 0 Å². The largest absolute Gasteiger partial charge is 0.463 e. The Kier molecular flexibility index (Phi) is 1.53. The third-order valence-electron chi connectivity index (χ3n) is 2.15. The van der Waals surface area contributed by atoms with Crippen LogP contribution >= 0.6 is 0 Å². The molecule has 1 aromatic carbocycles. The van der Waals surface area contributed by atoms with Crippen LogP contribution in [0.3, 0.4) is 0 Å².